The normalized spacial score (nSPS) is 10.2. The molecule has 0 heterocycles. The summed E-state index contributed by atoms with van der Waals surface area (Å²) < 4.78 is 0. The fourth-order valence-corrected chi connectivity index (χ4v) is 1.93. The van der Waals surface area contributed by atoms with Gasteiger partial charge in [-0.3, -0.25) is 25.8 Å². The van der Waals surface area contributed by atoms with Gasteiger partial charge in [0.15, 0.2) is 5.11 Å². The Labute approximate surface area is 143 Å². The fourth-order valence-electron chi connectivity index (χ4n) is 1.76. The van der Waals surface area contributed by atoms with Gasteiger partial charge in [0.1, 0.15) is 0 Å². The summed E-state index contributed by atoms with van der Waals surface area (Å²) in [7, 11) is 0. The predicted molar refractivity (Wildman–Crippen MR) is 96.1 cm³/mol. The lowest BCUT2D eigenvalue weighted by Gasteiger charge is -2.10. The van der Waals surface area contributed by atoms with Crippen LogP contribution in [0, 0.1) is 10.1 Å². The lowest BCUT2D eigenvalue weighted by molar-refractivity contribution is -0.384. The van der Waals surface area contributed by atoms with E-state index in [1.54, 1.807) is 12.1 Å². The summed E-state index contributed by atoms with van der Waals surface area (Å²) in [5.41, 5.74) is 6.25. The van der Waals surface area contributed by atoms with E-state index in [0.717, 1.165) is 5.69 Å². The van der Waals surface area contributed by atoms with Crippen molar-refractivity contribution < 1.29 is 9.72 Å². The number of carbonyl (C=O) groups excluding carboxylic acids is 1. The zero-order chi connectivity index (χ0) is 17.4. The first-order chi connectivity index (χ1) is 11.5. The Balaban J connectivity index is 1.83. The molecule has 0 atom stereocenters. The molecule has 0 aliphatic carbocycles. The Morgan fingerprint density at radius 3 is 2.54 bits per heavy atom. The van der Waals surface area contributed by atoms with E-state index in [9.17, 15) is 14.9 Å². The van der Waals surface area contributed by atoms with Crippen LogP contribution in [0.25, 0.3) is 6.08 Å². The van der Waals surface area contributed by atoms with Crippen molar-refractivity contribution in [1.82, 2.24) is 10.9 Å². The lowest BCUT2D eigenvalue weighted by Crippen LogP contribution is -2.43. The summed E-state index contributed by atoms with van der Waals surface area (Å²) in [5, 5.41) is 13.8. The fraction of sp³-hybridized carbons (Fsp3) is 0. The Morgan fingerprint density at radius 2 is 1.83 bits per heavy atom. The van der Waals surface area contributed by atoms with Crippen molar-refractivity contribution in [3.8, 4) is 0 Å². The molecule has 2 aromatic rings. The second kappa shape index (κ2) is 8.39. The largest absolute Gasteiger partial charge is 0.331 e. The van der Waals surface area contributed by atoms with Crippen LogP contribution in [-0.2, 0) is 4.79 Å². The maximum absolute atomic E-state index is 11.7. The first-order valence-electron chi connectivity index (χ1n) is 6.89. The molecule has 24 heavy (non-hydrogen) atoms. The molecule has 0 aliphatic heterocycles. The van der Waals surface area contributed by atoms with Crippen LogP contribution in [0.4, 0.5) is 11.4 Å². The minimum absolute atomic E-state index is 0.0380. The number of rotatable bonds is 4. The minimum atomic E-state index is -0.493. The average Bonchev–Trinajstić information content (AvgIpc) is 2.59. The molecule has 0 spiro atoms. The SMILES string of the molecule is O=C(/C=C\c1cccc([N+](=O)[O-])c1)NNC(=S)Nc1ccccc1. The van der Waals surface area contributed by atoms with Crippen molar-refractivity contribution in [2.45, 2.75) is 0 Å². The van der Waals surface area contributed by atoms with Crippen LogP contribution in [0.3, 0.4) is 0 Å². The number of amides is 1. The van der Waals surface area contributed by atoms with Gasteiger partial charge in [-0.1, -0.05) is 30.3 Å². The highest BCUT2D eigenvalue weighted by Gasteiger charge is 2.04. The second-order valence-corrected chi connectivity index (χ2v) is 5.03. The number of hydrazine groups is 1. The Hall–Kier alpha value is -3.26. The van der Waals surface area contributed by atoms with Gasteiger partial charge in [-0.15, -0.1) is 0 Å². The number of para-hydroxylation sites is 1. The predicted octanol–water partition coefficient (Wildman–Crippen LogP) is 2.63. The van der Waals surface area contributed by atoms with Gasteiger partial charge in [0.2, 0.25) is 0 Å². The number of non-ortho nitro benzene ring substituents is 1. The van der Waals surface area contributed by atoms with Crippen LogP contribution in [-0.4, -0.2) is 15.9 Å². The number of nitro benzene ring substituents is 1. The number of thiocarbonyl (C=S) groups is 1. The van der Waals surface area contributed by atoms with Crippen molar-refractivity contribution in [1.29, 1.82) is 0 Å². The molecule has 1 amide bonds. The number of benzene rings is 2. The highest BCUT2D eigenvalue weighted by Crippen LogP contribution is 2.13. The number of hydrogen-bond donors (Lipinski definition) is 3. The molecule has 0 aliphatic rings. The second-order valence-electron chi connectivity index (χ2n) is 4.62. The summed E-state index contributed by atoms with van der Waals surface area (Å²) in [6, 6.07) is 15.2. The smallest absolute Gasteiger partial charge is 0.270 e. The summed E-state index contributed by atoms with van der Waals surface area (Å²) in [5.74, 6) is -0.446. The summed E-state index contributed by atoms with van der Waals surface area (Å²) in [4.78, 5) is 21.9. The van der Waals surface area contributed by atoms with E-state index in [4.69, 9.17) is 12.2 Å². The molecule has 2 aromatic carbocycles. The molecule has 0 saturated carbocycles. The van der Waals surface area contributed by atoms with E-state index >= 15 is 0 Å². The van der Waals surface area contributed by atoms with Crippen molar-refractivity contribution in [2.24, 2.45) is 0 Å². The summed E-state index contributed by atoms with van der Waals surface area (Å²) >= 11 is 5.04. The van der Waals surface area contributed by atoms with Crippen LogP contribution in [0.2, 0.25) is 0 Å². The van der Waals surface area contributed by atoms with Crippen molar-refractivity contribution >= 4 is 40.7 Å². The van der Waals surface area contributed by atoms with Crippen molar-refractivity contribution in [2.75, 3.05) is 5.32 Å². The first-order valence-corrected chi connectivity index (χ1v) is 7.30. The molecular formula is C16H14N4O3S. The van der Waals surface area contributed by atoms with Gasteiger partial charge in [-0.2, -0.15) is 0 Å². The van der Waals surface area contributed by atoms with Crippen LogP contribution in [0.5, 0.6) is 0 Å². The van der Waals surface area contributed by atoms with Gasteiger partial charge in [-0.05, 0) is 36.0 Å². The molecule has 0 saturated heterocycles. The number of nitro groups is 1. The molecule has 122 valence electrons. The monoisotopic (exact) mass is 342 g/mol. The third kappa shape index (κ3) is 5.50. The van der Waals surface area contributed by atoms with E-state index in [1.165, 1.54) is 24.3 Å². The third-order valence-electron chi connectivity index (χ3n) is 2.84. The van der Waals surface area contributed by atoms with Crippen LogP contribution in [0.1, 0.15) is 5.56 Å². The molecule has 2 rings (SSSR count). The Morgan fingerprint density at radius 1 is 1.08 bits per heavy atom. The molecule has 0 aromatic heterocycles. The molecule has 3 N–H and O–H groups in total. The van der Waals surface area contributed by atoms with Gasteiger partial charge in [0, 0.05) is 23.9 Å². The Bertz CT molecular complexity index is 778. The van der Waals surface area contributed by atoms with Gasteiger partial charge in [-0.25, -0.2) is 0 Å². The third-order valence-corrected chi connectivity index (χ3v) is 3.04. The zero-order valence-electron chi connectivity index (χ0n) is 12.4. The summed E-state index contributed by atoms with van der Waals surface area (Å²) in [6.45, 7) is 0. The minimum Gasteiger partial charge on any atom is -0.331 e. The van der Waals surface area contributed by atoms with Gasteiger partial charge >= 0.3 is 0 Å². The maximum atomic E-state index is 11.7. The van der Waals surface area contributed by atoms with Gasteiger partial charge in [0.05, 0.1) is 4.92 Å². The quantitative estimate of drug-likeness (QED) is 0.342. The van der Waals surface area contributed by atoms with Gasteiger partial charge < -0.3 is 5.32 Å². The highest BCUT2D eigenvalue weighted by molar-refractivity contribution is 7.80. The van der Waals surface area contributed by atoms with E-state index < -0.39 is 10.8 Å². The molecule has 8 heteroatoms. The highest BCUT2D eigenvalue weighted by atomic mass is 32.1. The van der Waals surface area contributed by atoms with E-state index in [0.29, 0.717) is 5.56 Å². The Kier molecular flexibility index (Phi) is 5.98. The number of hydrogen-bond acceptors (Lipinski definition) is 4. The number of nitrogens with one attached hydrogen (secondary N) is 3. The van der Waals surface area contributed by atoms with Crippen molar-refractivity contribution in [3.05, 3.63) is 76.4 Å². The van der Waals surface area contributed by atoms with E-state index in [1.807, 2.05) is 30.3 Å². The molecular weight excluding hydrogens is 328 g/mol. The molecule has 0 radical (unpaired) electrons. The number of carbonyl (C=O) groups is 1. The van der Waals surface area contributed by atoms with Crippen molar-refractivity contribution in [3.63, 3.8) is 0 Å². The van der Waals surface area contributed by atoms with E-state index in [2.05, 4.69) is 16.2 Å². The topological polar surface area (TPSA) is 96.3 Å². The lowest BCUT2D eigenvalue weighted by atomic mass is 10.2. The number of anilines is 1. The first kappa shape index (κ1) is 17.1. The molecule has 7 nitrogen and oxygen atoms in total. The molecule has 0 fully saturated rings. The zero-order valence-corrected chi connectivity index (χ0v) is 13.2. The van der Waals surface area contributed by atoms with Crippen LogP contribution >= 0.6 is 12.2 Å². The van der Waals surface area contributed by atoms with Crippen LogP contribution in [0.15, 0.2) is 60.7 Å². The summed E-state index contributed by atoms with van der Waals surface area (Å²) in [6.07, 6.45) is 2.72. The average molecular weight is 342 g/mol. The standard InChI is InChI=1S/C16H14N4O3S/c21-15(10-9-12-5-4-8-14(11-12)20(22)23)18-19-16(24)17-13-6-2-1-3-7-13/h1-11H,(H,18,21)(H2,17,19,24)/b10-9-. The van der Waals surface area contributed by atoms with Gasteiger partial charge in [0.25, 0.3) is 11.6 Å². The maximum Gasteiger partial charge on any atom is 0.270 e. The molecule has 0 bridgehead atoms. The van der Waals surface area contributed by atoms with Crippen LogP contribution < -0.4 is 16.2 Å². The number of nitrogens with zero attached hydrogens (tertiary/aromatic N) is 1. The molecule has 0 unspecified atom stereocenters. The van der Waals surface area contributed by atoms with E-state index in [-0.39, 0.29) is 10.8 Å².